The van der Waals surface area contributed by atoms with Gasteiger partial charge >= 0.3 is 6.18 Å². The number of rotatable bonds is 5. The average Bonchev–Trinajstić information content (AvgIpc) is 3.27. The number of hydrogen-bond acceptors (Lipinski definition) is 4. The van der Waals surface area contributed by atoms with Crippen molar-refractivity contribution in [2.75, 3.05) is 6.54 Å². The summed E-state index contributed by atoms with van der Waals surface area (Å²) in [4.78, 5) is 2.15. The molecule has 1 aromatic heterocycles. The minimum absolute atomic E-state index is 0.395. The average molecular weight is 461 g/mol. The van der Waals surface area contributed by atoms with Gasteiger partial charge in [0, 0.05) is 13.1 Å². The maximum absolute atomic E-state index is 13.4. The zero-order valence-electron chi connectivity index (χ0n) is 18.3. The second kappa shape index (κ2) is 8.87. The van der Waals surface area contributed by atoms with Crippen LogP contribution in [0.15, 0.2) is 85.4 Å². The number of aromatic nitrogens is 4. The lowest BCUT2D eigenvalue weighted by Crippen LogP contribution is -2.37. The second-order valence-electron chi connectivity index (χ2n) is 8.38. The van der Waals surface area contributed by atoms with Crippen molar-refractivity contribution in [2.24, 2.45) is 0 Å². The molecule has 34 heavy (non-hydrogen) atoms. The predicted octanol–water partition coefficient (Wildman–Crippen LogP) is 5.36. The third kappa shape index (κ3) is 4.36. The maximum atomic E-state index is 13.4. The Hall–Kier alpha value is -3.78. The monoisotopic (exact) mass is 461 g/mol. The molecule has 1 aliphatic rings. The number of hydrogen-bond donors (Lipinski definition) is 0. The lowest BCUT2D eigenvalue weighted by atomic mass is 9.87. The minimum atomic E-state index is -4.43. The van der Waals surface area contributed by atoms with E-state index in [0.29, 0.717) is 42.2 Å². The van der Waals surface area contributed by atoms with Gasteiger partial charge in [-0.15, -0.1) is 5.10 Å². The Morgan fingerprint density at radius 2 is 1.53 bits per heavy atom. The highest BCUT2D eigenvalue weighted by Gasteiger charge is 2.37. The molecule has 5 rings (SSSR count). The number of tetrazole rings is 1. The van der Waals surface area contributed by atoms with E-state index in [1.807, 2.05) is 60.7 Å². The van der Waals surface area contributed by atoms with Crippen LogP contribution in [0.1, 0.15) is 39.7 Å². The molecule has 1 unspecified atom stereocenters. The normalized spacial score (nSPS) is 16.4. The Kier molecular flexibility index (Phi) is 5.75. The molecule has 8 heteroatoms. The van der Waals surface area contributed by atoms with Crippen LogP contribution in [-0.4, -0.2) is 31.7 Å². The quantitative estimate of drug-likeness (QED) is 0.402. The van der Waals surface area contributed by atoms with Gasteiger partial charge in [0.2, 0.25) is 0 Å². The minimum Gasteiger partial charge on any atom is -0.281 e. The molecule has 0 amide bonds. The third-order valence-electron chi connectivity index (χ3n) is 6.02. The van der Waals surface area contributed by atoms with Crippen molar-refractivity contribution in [1.29, 1.82) is 0 Å². The lowest BCUT2D eigenvalue weighted by Gasteiger charge is -2.38. The van der Waals surface area contributed by atoms with E-state index >= 15 is 0 Å². The van der Waals surface area contributed by atoms with Gasteiger partial charge in [-0.1, -0.05) is 73.3 Å². The van der Waals surface area contributed by atoms with E-state index < -0.39 is 17.8 Å². The van der Waals surface area contributed by atoms with Crippen LogP contribution in [0.5, 0.6) is 0 Å². The van der Waals surface area contributed by atoms with Crippen LogP contribution in [0.4, 0.5) is 13.2 Å². The summed E-state index contributed by atoms with van der Waals surface area (Å²) < 4.78 is 42.1. The van der Waals surface area contributed by atoms with E-state index in [9.17, 15) is 13.2 Å². The molecule has 0 bridgehead atoms. The van der Waals surface area contributed by atoms with Crippen molar-refractivity contribution in [3.63, 3.8) is 0 Å². The largest absolute Gasteiger partial charge is 0.416 e. The molecule has 172 valence electrons. The molecule has 0 saturated carbocycles. The van der Waals surface area contributed by atoms with Gasteiger partial charge in [0.25, 0.3) is 0 Å². The molecule has 0 fully saturated rings. The molecule has 4 aromatic rings. The van der Waals surface area contributed by atoms with Crippen molar-refractivity contribution >= 4 is 5.57 Å². The zero-order chi connectivity index (χ0) is 23.7. The van der Waals surface area contributed by atoms with E-state index in [1.165, 1.54) is 12.1 Å². The van der Waals surface area contributed by atoms with Crippen LogP contribution in [0.25, 0.3) is 5.57 Å². The highest BCUT2D eigenvalue weighted by Crippen LogP contribution is 2.41. The fraction of sp³-hybridized carbons (Fsp3) is 0.192. The fourth-order valence-corrected chi connectivity index (χ4v) is 4.44. The van der Waals surface area contributed by atoms with Gasteiger partial charge in [0.15, 0.2) is 5.82 Å². The van der Waals surface area contributed by atoms with Crippen molar-refractivity contribution in [2.45, 2.75) is 25.3 Å². The molecule has 0 aliphatic carbocycles. The van der Waals surface area contributed by atoms with E-state index in [0.717, 1.165) is 17.2 Å². The molecule has 0 radical (unpaired) electrons. The van der Waals surface area contributed by atoms with Crippen molar-refractivity contribution in [3.8, 4) is 0 Å². The maximum Gasteiger partial charge on any atom is 0.416 e. The fourth-order valence-electron chi connectivity index (χ4n) is 4.44. The molecule has 5 nitrogen and oxygen atoms in total. The zero-order valence-corrected chi connectivity index (χ0v) is 18.3. The van der Waals surface area contributed by atoms with E-state index in [1.54, 1.807) is 4.68 Å². The van der Waals surface area contributed by atoms with Gasteiger partial charge < -0.3 is 0 Å². The van der Waals surface area contributed by atoms with Crippen molar-refractivity contribution < 1.29 is 13.2 Å². The Bertz CT molecular complexity index is 1300. The number of halogens is 3. The third-order valence-corrected chi connectivity index (χ3v) is 6.02. The molecule has 0 N–H and O–H groups in total. The van der Waals surface area contributed by atoms with Crippen LogP contribution in [0.2, 0.25) is 0 Å². The SMILES string of the molecule is C=C1CN(Cc2ccccc2)C(c2nnnn2Cc2ccccc2)c2ccc(C(F)(F)F)cc21. The van der Waals surface area contributed by atoms with Gasteiger partial charge in [-0.25, -0.2) is 4.68 Å². The summed E-state index contributed by atoms with van der Waals surface area (Å²) in [6.45, 7) is 5.53. The van der Waals surface area contributed by atoms with Gasteiger partial charge in [-0.3, -0.25) is 4.90 Å². The molecule has 1 aliphatic heterocycles. The Morgan fingerprint density at radius 1 is 0.882 bits per heavy atom. The second-order valence-corrected chi connectivity index (χ2v) is 8.38. The lowest BCUT2D eigenvalue weighted by molar-refractivity contribution is -0.137. The van der Waals surface area contributed by atoms with Crippen LogP contribution >= 0.6 is 0 Å². The molecule has 2 heterocycles. The highest BCUT2D eigenvalue weighted by atomic mass is 19.4. The van der Waals surface area contributed by atoms with Crippen molar-refractivity contribution in [1.82, 2.24) is 25.1 Å². The van der Waals surface area contributed by atoms with Crippen LogP contribution in [-0.2, 0) is 19.3 Å². The predicted molar refractivity (Wildman–Crippen MR) is 123 cm³/mol. The van der Waals surface area contributed by atoms with E-state index in [4.69, 9.17) is 0 Å². The van der Waals surface area contributed by atoms with Crippen molar-refractivity contribution in [3.05, 3.63) is 119 Å². The van der Waals surface area contributed by atoms with Gasteiger partial charge in [0.1, 0.15) is 0 Å². The first-order valence-electron chi connectivity index (χ1n) is 10.9. The first kappa shape index (κ1) is 22.0. The van der Waals surface area contributed by atoms with Gasteiger partial charge in [-0.2, -0.15) is 13.2 Å². The number of alkyl halides is 3. The number of fused-ring (bicyclic) bond motifs is 1. The summed E-state index contributed by atoms with van der Waals surface area (Å²) in [5, 5.41) is 12.5. The van der Waals surface area contributed by atoms with Crippen LogP contribution in [0.3, 0.4) is 0 Å². The standard InChI is InChI=1S/C26H22F3N5/c1-18-15-33(16-19-8-4-2-5-9-19)24(22-13-12-21(14-23(18)22)26(27,28)29)25-30-31-32-34(25)17-20-10-6-3-7-11-20/h2-14,24H,1,15-17H2. The highest BCUT2D eigenvalue weighted by molar-refractivity contribution is 5.71. The smallest absolute Gasteiger partial charge is 0.281 e. The Labute approximate surface area is 195 Å². The molecular weight excluding hydrogens is 439 g/mol. The topological polar surface area (TPSA) is 46.8 Å². The van der Waals surface area contributed by atoms with E-state index in [-0.39, 0.29) is 0 Å². The summed E-state index contributed by atoms with van der Waals surface area (Å²) in [5.74, 6) is 0.577. The summed E-state index contributed by atoms with van der Waals surface area (Å²) in [5.41, 5.74) is 3.26. The molecule has 1 atom stereocenters. The van der Waals surface area contributed by atoms with Gasteiger partial charge in [0.05, 0.1) is 18.2 Å². The summed E-state index contributed by atoms with van der Waals surface area (Å²) in [6, 6.07) is 23.1. The van der Waals surface area contributed by atoms with Crippen LogP contribution < -0.4 is 0 Å². The first-order valence-corrected chi connectivity index (χ1v) is 10.9. The van der Waals surface area contributed by atoms with Gasteiger partial charge in [-0.05, 0) is 50.4 Å². The molecular formula is C26H22F3N5. The summed E-state index contributed by atoms with van der Waals surface area (Å²) in [6.07, 6.45) is -4.43. The van der Waals surface area contributed by atoms with E-state index in [2.05, 4.69) is 27.0 Å². The summed E-state index contributed by atoms with van der Waals surface area (Å²) >= 11 is 0. The number of nitrogens with zero attached hydrogens (tertiary/aromatic N) is 5. The van der Waals surface area contributed by atoms with Crippen LogP contribution in [0, 0.1) is 0 Å². The molecule has 0 saturated heterocycles. The summed E-state index contributed by atoms with van der Waals surface area (Å²) in [7, 11) is 0. The number of benzene rings is 3. The molecule has 3 aromatic carbocycles. The first-order chi connectivity index (χ1) is 16.4. The molecule has 0 spiro atoms. The Balaban J connectivity index is 1.60. The Morgan fingerprint density at radius 3 is 2.18 bits per heavy atom.